The number of aromatic nitrogens is 2. The molecule has 3 rings (SSSR count). The first-order chi connectivity index (χ1) is 8.78. The van der Waals surface area contributed by atoms with E-state index in [1.54, 1.807) is 7.11 Å². The lowest BCUT2D eigenvalue weighted by Gasteiger charge is -2.17. The fourth-order valence-electron chi connectivity index (χ4n) is 3.48. The molecular weight excluding hydrogens is 230 g/mol. The molecule has 0 saturated heterocycles. The van der Waals surface area contributed by atoms with Gasteiger partial charge in [0, 0.05) is 19.6 Å². The molecule has 0 aliphatic heterocycles. The van der Waals surface area contributed by atoms with Gasteiger partial charge in [-0.15, -0.1) is 0 Å². The molecule has 100 valence electrons. The molecule has 0 radical (unpaired) electrons. The first-order valence-corrected chi connectivity index (χ1v) is 6.86. The number of methoxy groups -OCH3 is 1. The standard InChI is InChI=1S/C13H21N3O2/c1-17-5-4-11(14)13-15-12(16-18-13)10-7-8-2-3-9(10)6-8/h8-11H,2-7,14H2,1H3. The van der Waals surface area contributed by atoms with Gasteiger partial charge in [-0.2, -0.15) is 4.98 Å². The first-order valence-electron chi connectivity index (χ1n) is 6.86. The molecule has 5 heteroatoms. The van der Waals surface area contributed by atoms with E-state index < -0.39 is 0 Å². The molecule has 5 nitrogen and oxygen atoms in total. The molecule has 4 atom stereocenters. The van der Waals surface area contributed by atoms with E-state index in [-0.39, 0.29) is 6.04 Å². The van der Waals surface area contributed by atoms with Crippen LogP contribution in [0.1, 0.15) is 55.8 Å². The number of nitrogens with two attached hydrogens (primary N) is 1. The van der Waals surface area contributed by atoms with Gasteiger partial charge in [-0.25, -0.2) is 0 Å². The second-order valence-electron chi connectivity index (χ2n) is 5.66. The minimum Gasteiger partial charge on any atom is -0.385 e. The van der Waals surface area contributed by atoms with Gasteiger partial charge >= 0.3 is 0 Å². The van der Waals surface area contributed by atoms with Crippen molar-refractivity contribution in [2.24, 2.45) is 17.6 Å². The van der Waals surface area contributed by atoms with Crippen LogP contribution in [-0.2, 0) is 4.74 Å². The Kier molecular flexibility index (Phi) is 3.35. The van der Waals surface area contributed by atoms with Crippen LogP contribution in [0, 0.1) is 11.8 Å². The lowest BCUT2D eigenvalue weighted by atomic mass is 9.88. The zero-order chi connectivity index (χ0) is 12.5. The Morgan fingerprint density at radius 3 is 3.00 bits per heavy atom. The topological polar surface area (TPSA) is 74.2 Å². The zero-order valence-corrected chi connectivity index (χ0v) is 10.8. The van der Waals surface area contributed by atoms with Crippen molar-refractivity contribution in [3.05, 3.63) is 11.7 Å². The van der Waals surface area contributed by atoms with Crippen molar-refractivity contribution in [2.75, 3.05) is 13.7 Å². The normalized spacial score (nSPS) is 32.0. The summed E-state index contributed by atoms with van der Waals surface area (Å²) in [6.45, 7) is 0.618. The van der Waals surface area contributed by atoms with Crippen molar-refractivity contribution in [1.29, 1.82) is 0 Å². The van der Waals surface area contributed by atoms with Crippen molar-refractivity contribution in [3.63, 3.8) is 0 Å². The van der Waals surface area contributed by atoms with Crippen LogP contribution in [0.15, 0.2) is 4.52 Å². The number of nitrogens with zero attached hydrogens (tertiary/aromatic N) is 2. The number of hydrogen-bond donors (Lipinski definition) is 1. The molecule has 2 N–H and O–H groups in total. The van der Waals surface area contributed by atoms with E-state index >= 15 is 0 Å². The highest BCUT2D eigenvalue weighted by atomic mass is 16.5. The number of hydrogen-bond acceptors (Lipinski definition) is 5. The first kappa shape index (κ1) is 12.1. The van der Waals surface area contributed by atoms with Crippen LogP contribution < -0.4 is 5.73 Å². The van der Waals surface area contributed by atoms with Crippen molar-refractivity contribution in [1.82, 2.24) is 10.1 Å². The third kappa shape index (κ3) is 2.17. The number of rotatable bonds is 5. The largest absolute Gasteiger partial charge is 0.385 e. The summed E-state index contributed by atoms with van der Waals surface area (Å²) in [5, 5.41) is 4.14. The lowest BCUT2D eigenvalue weighted by molar-refractivity contribution is 0.182. The summed E-state index contributed by atoms with van der Waals surface area (Å²) in [7, 11) is 1.67. The Morgan fingerprint density at radius 2 is 2.33 bits per heavy atom. The van der Waals surface area contributed by atoms with Gasteiger partial charge in [0.15, 0.2) is 5.82 Å². The Morgan fingerprint density at radius 1 is 1.44 bits per heavy atom. The fourth-order valence-corrected chi connectivity index (χ4v) is 3.48. The van der Waals surface area contributed by atoms with E-state index in [2.05, 4.69) is 10.1 Å². The number of ether oxygens (including phenoxy) is 1. The van der Waals surface area contributed by atoms with Crippen LogP contribution in [0.25, 0.3) is 0 Å². The monoisotopic (exact) mass is 251 g/mol. The summed E-state index contributed by atoms with van der Waals surface area (Å²) >= 11 is 0. The van der Waals surface area contributed by atoms with Gasteiger partial charge in [-0.05, 0) is 37.5 Å². The maximum atomic E-state index is 5.99. The van der Waals surface area contributed by atoms with Gasteiger partial charge in [0.1, 0.15) is 0 Å². The summed E-state index contributed by atoms with van der Waals surface area (Å²) in [6.07, 6.45) is 6.02. The fraction of sp³-hybridized carbons (Fsp3) is 0.846. The molecule has 1 aromatic rings. The molecule has 18 heavy (non-hydrogen) atoms. The molecule has 2 bridgehead atoms. The average molecular weight is 251 g/mol. The second kappa shape index (κ2) is 4.97. The molecular formula is C13H21N3O2. The Labute approximate surface area is 107 Å². The van der Waals surface area contributed by atoms with Gasteiger partial charge in [-0.1, -0.05) is 11.6 Å². The summed E-state index contributed by atoms with van der Waals surface area (Å²) in [5.41, 5.74) is 5.99. The molecule has 2 fully saturated rings. The second-order valence-corrected chi connectivity index (χ2v) is 5.66. The summed E-state index contributed by atoms with van der Waals surface area (Å²) in [5.74, 6) is 3.62. The van der Waals surface area contributed by atoms with E-state index in [1.165, 1.54) is 25.7 Å². The molecule has 0 aromatic carbocycles. The van der Waals surface area contributed by atoms with Crippen molar-refractivity contribution < 1.29 is 9.26 Å². The predicted molar refractivity (Wildman–Crippen MR) is 65.9 cm³/mol. The predicted octanol–water partition coefficient (Wildman–Crippen LogP) is 2.01. The number of fused-ring (bicyclic) bond motifs is 2. The third-order valence-electron chi connectivity index (χ3n) is 4.48. The molecule has 1 aromatic heterocycles. The molecule has 2 aliphatic rings. The van der Waals surface area contributed by atoms with Gasteiger partial charge in [0.25, 0.3) is 0 Å². The Balaban J connectivity index is 1.66. The summed E-state index contributed by atoms with van der Waals surface area (Å²) in [6, 6.07) is -0.204. The molecule has 0 spiro atoms. The molecule has 2 aliphatic carbocycles. The molecule has 4 unspecified atom stereocenters. The summed E-state index contributed by atoms with van der Waals surface area (Å²) in [4.78, 5) is 4.51. The molecule has 1 heterocycles. The minimum atomic E-state index is -0.204. The van der Waals surface area contributed by atoms with E-state index in [4.69, 9.17) is 15.0 Å². The van der Waals surface area contributed by atoms with E-state index in [9.17, 15) is 0 Å². The maximum Gasteiger partial charge on any atom is 0.243 e. The quantitative estimate of drug-likeness (QED) is 0.866. The van der Waals surface area contributed by atoms with Gasteiger partial charge in [-0.3, -0.25) is 0 Å². The van der Waals surface area contributed by atoms with Crippen molar-refractivity contribution in [3.8, 4) is 0 Å². The van der Waals surface area contributed by atoms with Gasteiger partial charge in [0.05, 0.1) is 6.04 Å². The Hall–Kier alpha value is -0.940. The van der Waals surface area contributed by atoms with E-state index in [1.807, 2.05) is 0 Å². The van der Waals surface area contributed by atoms with Crippen LogP contribution >= 0.6 is 0 Å². The van der Waals surface area contributed by atoms with Gasteiger partial charge < -0.3 is 15.0 Å². The molecule has 2 saturated carbocycles. The van der Waals surface area contributed by atoms with Crippen LogP contribution in [0.4, 0.5) is 0 Å². The van der Waals surface area contributed by atoms with Crippen LogP contribution in [0.3, 0.4) is 0 Å². The van der Waals surface area contributed by atoms with Crippen LogP contribution in [-0.4, -0.2) is 23.9 Å². The minimum absolute atomic E-state index is 0.204. The maximum absolute atomic E-state index is 5.99. The lowest BCUT2D eigenvalue weighted by Crippen LogP contribution is -2.14. The highest BCUT2D eigenvalue weighted by Crippen LogP contribution is 2.52. The SMILES string of the molecule is COCCC(N)c1nc(C2CC3CCC2C3)no1. The highest BCUT2D eigenvalue weighted by Gasteiger charge is 2.42. The van der Waals surface area contributed by atoms with Crippen LogP contribution in [0.5, 0.6) is 0 Å². The van der Waals surface area contributed by atoms with Gasteiger partial charge in [0.2, 0.25) is 5.89 Å². The average Bonchev–Trinajstić information content (AvgIpc) is 3.09. The van der Waals surface area contributed by atoms with Crippen molar-refractivity contribution >= 4 is 0 Å². The summed E-state index contributed by atoms with van der Waals surface area (Å²) < 4.78 is 10.3. The smallest absolute Gasteiger partial charge is 0.243 e. The molecule has 0 amide bonds. The zero-order valence-electron chi connectivity index (χ0n) is 10.8. The highest BCUT2D eigenvalue weighted by molar-refractivity contribution is 5.07. The van der Waals surface area contributed by atoms with Crippen LogP contribution in [0.2, 0.25) is 0 Å². The van der Waals surface area contributed by atoms with E-state index in [0.29, 0.717) is 18.4 Å². The van der Waals surface area contributed by atoms with E-state index in [0.717, 1.165) is 24.1 Å². The third-order valence-corrected chi connectivity index (χ3v) is 4.48. The van der Waals surface area contributed by atoms with Crippen molar-refractivity contribution in [2.45, 2.75) is 44.1 Å². The Bertz CT molecular complexity index is 407.